The number of carbonyl (C=O) groups excluding carboxylic acids is 1. The number of piperidine rings is 1. The van der Waals surface area contributed by atoms with E-state index < -0.39 is 0 Å². The fourth-order valence-corrected chi connectivity index (χ4v) is 4.45. The molecule has 3 heterocycles. The Morgan fingerprint density at radius 2 is 2.24 bits per heavy atom. The van der Waals surface area contributed by atoms with Gasteiger partial charge in [-0.3, -0.25) is 4.79 Å². The molecule has 0 aliphatic carbocycles. The molecule has 0 saturated carbocycles. The summed E-state index contributed by atoms with van der Waals surface area (Å²) in [4.78, 5) is 18.7. The first-order chi connectivity index (χ1) is 12.0. The molecule has 0 aromatic carbocycles. The number of likely N-dealkylation sites (tertiary alicyclic amines) is 1. The number of anilines is 1. The van der Waals surface area contributed by atoms with Crippen LogP contribution in [0.15, 0.2) is 5.38 Å². The van der Waals surface area contributed by atoms with E-state index in [0.717, 1.165) is 44.5 Å². The van der Waals surface area contributed by atoms with Gasteiger partial charge in [0, 0.05) is 37.5 Å². The zero-order valence-corrected chi connectivity index (χ0v) is 16.1. The molecule has 1 spiro atoms. The molecule has 2 fully saturated rings. The maximum absolute atomic E-state index is 12.0. The molecule has 140 valence electrons. The van der Waals surface area contributed by atoms with Crippen molar-refractivity contribution in [2.75, 3.05) is 25.4 Å². The van der Waals surface area contributed by atoms with Crippen molar-refractivity contribution in [3.63, 3.8) is 0 Å². The van der Waals surface area contributed by atoms with Gasteiger partial charge in [0.2, 0.25) is 5.91 Å². The first-order valence-corrected chi connectivity index (χ1v) is 10.2. The normalized spacial score (nSPS) is 23.4. The second kappa shape index (κ2) is 8.01. The summed E-state index contributed by atoms with van der Waals surface area (Å²) >= 11 is 1.42. The zero-order valence-electron chi connectivity index (χ0n) is 15.3. The van der Waals surface area contributed by atoms with E-state index in [2.05, 4.69) is 29.0 Å². The van der Waals surface area contributed by atoms with Crippen molar-refractivity contribution >= 4 is 22.4 Å². The Labute approximate surface area is 154 Å². The van der Waals surface area contributed by atoms with Crippen LogP contribution in [-0.4, -0.2) is 53.2 Å². The lowest BCUT2D eigenvalue weighted by molar-refractivity contribution is -0.122. The van der Waals surface area contributed by atoms with Gasteiger partial charge in [0.15, 0.2) is 5.13 Å². The molecule has 1 aromatic heterocycles. The third kappa shape index (κ3) is 4.92. The molecule has 7 heteroatoms. The molecule has 1 aromatic rings. The first kappa shape index (κ1) is 18.6. The van der Waals surface area contributed by atoms with Gasteiger partial charge in [-0.25, -0.2) is 4.98 Å². The van der Waals surface area contributed by atoms with Gasteiger partial charge in [-0.2, -0.15) is 0 Å². The molecule has 2 aliphatic rings. The fourth-order valence-electron chi connectivity index (χ4n) is 3.85. The number of aromatic nitrogens is 1. The zero-order chi connectivity index (χ0) is 17.9. The number of thiazole rings is 1. The lowest BCUT2D eigenvalue weighted by Gasteiger charge is -2.40. The van der Waals surface area contributed by atoms with Crippen LogP contribution in [0.2, 0.25) is 0 Å². The molecule has 3 rings (SSSR count). The summed E-state index contributed by atoms with van der Waals surface area (Å²) in [6.45, 7) is 7.37. The average molecular weight is 367 g/mol. The summed E-state index contributed by atoms with van der Waals surface area (Å²) in [5, 5.41) is 5.49. The number of carbonyl (C=O) groups is 1. The number of hydrogen-bond donors (Lipinski definition) is 2. The molecule has 25 heavy (non-hydrogen) atoms. The molecule has 6 nitrogen and oxygen atoms in total. The first-order valence-electron chi connectivity index (χ1n) is 9.34. The third-order valence-corrected chi connectivity index (χ3v) is 6.21. The highest BCUT2D eigenvalue weighted by Gasteiger charge is 2.42. The number of nitrogens with two attached hydrogens (primary N) is 1. The second-order valence-electron chi connectivity index (χ2n) is 7.57. The topological polar surface area (TPSA) is 80.5 Å². The van der Waals surface area contributed by atoms with Crippen molar-refractivity contribution in [2.24, 2.45) is 0 Å². The minimum Gasteiger partial charge on any atom is -0.375 e. The van der Waals surface area contributed by atoms with Crippen LogP contribution in [0.4, 0.5) is 5.13 Å². The van der Waals surface area contributed by atoms with E-state index in [1.54, 1.807) is 0 Å². The number of nitrogens with one attached hydrogen (secondary N) is 1. The van der Waals surface area contributed by atoms with Gasteiger partial charge in [-0.1, -0.05) is 0 Å². The van der Waals surface area contributed by atoms with Gasteiger partial charge in [0.1, 0.15) is 0 Å². The minimum absolute atomic E-state index is 0.0545. The molecule has 0 radical (unpaired) electrons. The van der Waals surface area contributed by atoms with E-state index >= 15 is 0 Å². The minimum atomic E-state index is 0.0545. The summed E-state index contributed by atoms with van der Waals surface area (Å²) < 4.78 is 6.37. The van der Waals surface area contributed by atoms with E-state index in [9.17, 15) is 4.79 Å². The number of nitrogens with zero attached hydrogens (tertiary/aromatic N) is 2. The van der Waals surface area contributed by atoms with Crippen LogP contribution < -0.4 is 11.1 Å². The van der Waals surface area contributed by atoms with Crippen LogP contribution in [0.25, 0.3) is 0 Å². The van der Waals surface area contributed by atoms with Crippen molar-refractivity contribution in [3.05, 3.63) is 11.1 Å². The molecule has 2 aliphatic heterocycles. The molecule has 2 saturated heterocycles. The van der Waals surface area contributed by atoms with E-state index in [4.69, 9.17) is 10.5 Å². The lowest BCUT2D eigenvalue weighted by Crippen LogP contribution is -2.47. The van der Waals surface area contributed by atoms with E-state index in [-0.39, 0.29) is 17.6 Å². The smallest absolute Gasteiger partial charge is 0.220 e. The van der Waals surface area contributed by atoms with Gasteiger partial charge in [-0.05, 0) is 46.0 Å². The van der Waals surface area contributed by atoms with Crippen LogP contribution >= 0.6 is 11.3 Å². The Morgan fingerprint density at radius 3 is 2.88 bits per heavy atom. The van der Waals surface area contributed by atoms with Crippen LogP contribution in [0.3, 0.4) is 0 Å². The summed E-state index contributed by atoms with van der Waals surface area (Å²) in [6, 6.07) is 0.613. The Balaban J connectivity index is 1.36. The van der Waals surface area contributed by atoms with Crippen molar-refractivity contribution in [1.29, 1.82) is 0 Å². The van der Waals surface area contributed by atoms with E-state index in [1.165, 1.54) is 11.3 Å². The van der Waals surface area contributed by atoms with Gasteiger partial charge < -0.3 is 20.7 Å². The standard InChI is InChI=1S/C18H30N4O2S/c1-13(2)22-9-7-18(8-10-22)6-5-15(24-18)11-20-16(23)4-3-14-12-25-17(19)21-14/h12-13,15H,3-11H2,1-2H3,(H2,19,21)(H,20,23)/t15-/m0/s1. The highest BCUT2D eigenvalue weighted by atomic mass is 32.1. The van der Waals surface area contributed by atoms with Crippen molar-refractivity contribution in [3.8, 4) is 0 Å². The maximum Gasteiger partial charge on any atom is 0.220 e. The lowest BCUT2D eigenvalue weighted by atomic mass is 9.88. The number of ether oxygens (including phenoxy) is 1. The molecular formula is C18H30N4O2S. The van der Waals surface area contributed by atoms with Gasteiger partial charge >= 0.3 is 0 Å². The van der Waals surface area contributed by atoms with Gasteiger partial charge in [0.25, 0.3) is 0 Å². The van der Waals surface area contributed by atoms with Crippen LogP contribution in [-0.2, 0) is 16.0 Å². The quantitative estimate of drug-likeness (QED) is 0.807. The van der Waals surface area contributed by atoms with Crippen LogP contribution in [0.1, 0.15) is 51.6 Å². The molecule has 1 amide bonds. The predicted octanol–water partition coefficient (Wildman–Crippen LogP) is 2.20. The Kier molecular flexibility index (Phi) is 5.96. The summed E-state index contributed by atoms with van der Waals surface area (Å²) in [5.74, 6) is 0.0609. The Bertz CT molecular complexity index is 581. The van der Waals surface area contributed by atoms with Crippen molar-refractivity contribution < 1.29 is 9.53 Å². The third-order valence-electron chi connectivity index (χ3n) is 5.48. The van der Waals surface area contributed by atoms with Crippen LogP contribution in [0.5, 0.6) is 0 Å². The molecule has 0 unspecified atom stereocenters. The number of aryl methyl sites for hydroxylation is 1. The Morgan fingerprint density at radius 1 is 1.48 bits per heavy atom. The molecule has 0 bridgehead atoms. The summed E-state index contributed by atoms with van der Waals surface area (Å²) in [6.07, 6.45) is 5.64. The number of rotatable bonds is 6. The van der Waals surface area contributed by atoms with Gasteiger partial charge in [-0.15, -0.1) is 11.3 Å². The SMILES string of the molecule is CC(C)N1CCC2(CC[C@@H](CNC(=O)CCc3csc(N)n3)O2)CC1. The Hall–Kier alpha value is -1.18. The van der Waals surface area contributed by atoms with E-state index in [0.29, 0.717) is 30.6 Å². The molecule has 1 atom stereocenters. The van der Waals surface area contributed by atoms with Crippen molar-refractivity contribution in [1.82, 2.24) is 15.2 Å². The van der Waals surface area contributed by atoms with E-state index in [1.807, 2.05) is 5.38 Å². The number of nitrogen functional groups attached to an aromatic ring is 1. The summed E-state index contributed by atoms with van der Waals surface area (Å²) in [7, 11) is 0. The van der Waals surface area contributed by atoms with Crippen molar-refractivity contribution in [2.45, 2.75) is 70.1 Å². The monoisotopic (exact) mass is 366 g/mol. The molecule has 3 N–H and O–H groups in total. The largest absolute Gasteiger partial charge is 0.375 e. The van der Waals surface area contributed by atoms with Crippen LogP contribution in [0, 0.1) is 0 Å². The van der Waals surface area contributed by atoms with Gasteiger partial charge in [0.05, 0.1) is 17.4 Å². The fraction of sp³-hybridized carbons (Fsp3) is 0.778. The summed E-state index contributed by atoms with van der Waals surface area (Å²) in [5.41, 5.74) is 6.56. The predicted molar refractivity (Wildman–Crippen MR) is 101 cm³/mol. The molecular weight excluding hydrogens is 336 g/mol. The maximum atomic E-state index is 12.0. The highest BCUT2D eigenvalue weighted by molar-refractivity contribution is 7.13. The number of amides is 1. The number of hydrogen-bond acceptors (Lipinski definition) is 6. The second-order valence-corrected chi connectivity index (χ2v) is 8.46. The highest BCUT2D eigenvalue weighted by Crippen LogP contribution is 2.39. The average Bonchev–Trinajstić information content (AvgIpc) is 3.18.